The summed E-state index contributed by atoms with van der Waals surface area (Å²) in [5.41, 5.74) is 6.24. The van der Waals surface area contributed by atoms with Crippen molar-refractivity contribution in [1.29, 1.82) is 0 Å². The SMILES string of the molecule is Cc1cc(C)c2oc(-c3cccc(NC(=O)COc4ccc(Br)cc4)c3C)nc2c1. The first kappa shape index (κ1) is 20.2. The van der Waals surface area contributed by atoms with Gasteiger partial charge in [-0.25, -0.2) is 4.98 Å². The lowest BCUT2D eigenvalue weighted by Crippen LogP contribution is -2.20. The highest BCUT2D eigenvalue weighted by Gasteiger charge is 2.15. The number of hydrogen-bond donors (Lipinski definition) is 1. The molecule has 1 aromatic heterocycles. The smallest absolute Gasteiger partial charge is 0.262 e. The zero-order chi connectivity index (χ0) is 21.3. The quantitative estimate of drug-likeness (QED) is 0.381. The number of ether oxygens (including phenoxy) is 1. The Hall–Kier alpha value is -3.12. The molecular formula is C24H21BrN2O3. The van der Waals surface area contributed by atoms with Crippen molar-refractivity contribution in [3.05, 3.63) is 75.8 Å². The molecule has 0 aliphatic rings. The number of aryl methyl sites for hydroxylation is 2. The topological polar surface area (TPSA) is 64.4 Å². The largest absolute Gasteiger partial charge is 0.484 e. The van der Waals surface area contributed by atoms with Crippen molar-refractivity contribution in [3.63, 3.8) is 0 Å². The number of halogens is 1. The molecule has 0 saturated carbocycles. The summed E-state index contributed by atoms with van der Waals surface area (Å²) >= 11 is 3.37. The average molecular weight is 465 g/mol. The van der Waals surface area contributed by atoms with Crippen molar-refractivity contribution in [3.8, 4) is 17.2 Å². The zero-order valence-corrected chi connectivity index (χ0v) is 18.5. The third-order valence-electron chi connectivity index (χ3n) is 4.84. The van der Waals surface area contributed by atoms with Gasteiger partial charge in [-0.1, -0.05) is 28.1 Å². The second-order valence-electron chi connectivity index (χ2n) is 7.22. The molecule has 0 spiro atoms. The Morgan fingerprint density at radius 3 is 2.63 bits per heavy atom. The summed E-state index contributed by atoms with van der Waals surface area (Å²) in [4.78, 5) is 17.1. The van der Waals surface area contributed by atoms with Gasteiger partial charge in [0, 0.05) is 15.7 Å². The van der Waals surface area contributed by atoms with Gasteiger partial charge < -0.3 is 14.5 Å². The van der Waals surface area contributed by atoms with Gasteiger partial charge in [-0.3, -0.25) is 4.79 Å². The Morgan fingerprint density at radius 1 is 1.10 bits per heavy atom. The minimum Gasteiger partial charge on any atom is -0.484 e. The summed E-state index contributed by atoms with van der Waals surface area (Å²) in [6.07, 6.45) is 0. The predicted molar refractivity (Wildman–Crippen MR) is 122 cm³/mol. The first-order chi connectivity index (χ1) is 14.4. The Morgan fingerprint density at radius 2 is 1.87 bits per heavy atom. The van der Waals surface area contributed by atoms with E-state index in [2.05, 4.69) is 32.3 Å². The number of carbonyl (C=O) groups excluding carboxylic acids is 1. The van der Waals surface area contributed by atoms with Crippen molar-refractivity contribution >= 4 is 38.6 Å². The van der Waals surface area contributed by atoms with Gasteiger partial charge in [-0.05, 0) is 79.9 Å². The molecule has 4 aromatic rings. The van der Waals surface area contributed by atoms with E-state index in [1.54, 1.807) is 12.1 Å². The Bertz CT molecular complexity index is 1230. The molecule has 0 bridgehead atoms. The van der Waals surface area contributed by atoms with E-state index in [1.165, 1.54) is 0 Å². The van der Waals surface area contributed by atoms with Gasteiger partial charge in [-0.15, -0.1) is 0 Å². The summed E-state index contributed by atoms with van der Waals surface area (Å²) in [7, 11) is 0. The molecule has 3 aromatic carbocycles. The molecule has 1 amide bonds. The van der Waals surface area contributed by atoms with Crippen molar-refractivity contribution in [1.82, 2.24) is 4.98 Å². The molecule has 1 heterocycles. The standard InChI is InChI=1S/C24H21BrN2O3/c1-14-11-15(2)23-21(12-14)27-24(30-23)19-5-4-6-20(16(19)3)26-22(28)13-29-18-9-7-17(25)8-10-18/h4-12H,13H2,1-3H3,(H,26,28). The molecule has 0 aliphatic heterocycles. The number of carbonyl (C=O) groups is 1. The monoisotopic (exact) mass is 464 g/mol. The maximum Gasteiger partial charge on any atom is 0.262 e. The van der Waals surface area contributed by atoms with Gasteiger partial charge in [0.05, 0.1) is 0 Å². The molecule has 0 unspecified atom stereocenters. The van der Waals surface area contributed by atoms with Crippen LogP contribution in [0.2, 0.25) is 0 Å². The Balaban J connectivity index is 1.53. The lowest BCUT2D eigenvalue weighted by molar-refractivity contribution is -0.118. The van der Waals surface area contributed by atoms with Gasteiger partial charge >= 0.3 is 0 Å². The van der Waals surface area contributed by atoms with Crippen LogP contribution in [-0.2, 0) is 4.79 Å². The highest BCUT2D eigenvalue weighted by molar-refractivity contribution is 9.10. The summed E-state index contributed by atoms with van der Waals surface area (Å²) in [5.74, 6) is 0.941. The van der Waals surface area contributed by atoms with Gasteiger partial charge in [0.15, 0.2) is 12.2 Å². The van der Waals surface area contributed by atoms with Crippen molar-refractivity contribution in [2.45, 2.75) is 20.8 Å². The molecule has 152 valence electrons. The molecular weight excluding hydrogens is 444 g/mol. The minimum absolute atomic E-state index is 0.0767. The highest BCUT2D eigenvalue weighted by atomic mass is 79.9. The van der Waals surface area contributed by atoms with E-state index >= 15 is 0 Å². The Kier molecular flexibility index (Phi) is 5.59. The summed E-state index contributed by atoms with van der Waals surface area (Å²) in [5, 5.41) is 2.91. The van der Waals surface area contributed by atoms with E-state index in [-0.39, 0.29) is 12.5 Å². The van der Waals surface area contributed by atoms with Gasteiger partial charge in [0.1, 0.15) is 11.3 Å². The number of benzene rings is 3. The first-order valence-electron chi connectivity index (χ1n) is 9.57. The highest BCUT2D eigenvalue weighted by Crippen LogP contribution is 2.32. The molecule has 6 heteroatoms. The second kappa shape index (κ2) is 8.32. The van der Waals surface area contributed by atoms with Crippen LogP contribution in [0.15, 0.2) is 63.5 Å². The lowest BCUT2D eigenvalue weighted by atomic mass is 10.1. The number of hydrogen-bond acceptors (Lipinski definition) is 4. The number of amides is 1. The summed E-state index contributed by atoms with van der Waals surface area (Å²) < 4.78 is 12.5. The predicted octanol–water partition coefficient (Wildman–Crippen LogP) is 6.20. The number of anilines is 1. The van der Waals surface area contributed by atoms with Crippen molar-refractivity contribution < 1.29 is 13.9 Å². The molecule has 1 N–H and O–H groups in total. The second-order valence-corrected chi connectivity index (χ2v) is 8.13. The van der Waals surface area contributed by atoms with Gasteiger partial charge in [-0.2, -0.15) is 0 Å². The molecule has 5 nitrogen and oxygen atoms in total. The fourth-order valence-electron chi connectivity index (χ4n) is 3.36. The maximum atomic E-state index is 12.4. The molecule has 0 radical (unpaired) electrons. The molecule has 0 saturated heterocycles. The number of oxazole rings is 1. The average Bonchev–Trinajstić information content (AvgIpc) is 3.13. The van der Waals surface area contributed by atoms with Crippen LogP contribution in [-0.4, -0.2) is 17.5 Å². The summed E-state index contributed by atoms with van der Waals surface area (Å²) in [6.45, 7) is 5.91. The minimum atomic E-state index is -0.234. The van der Waals surface area contributed by atoms with Crippen molar-refractivity contribution in [2.75, 3.05) is 11.9 Å². The summed E-state index contributed by atoms with van der Waals surface area (Å²) in [6, 6.07) is 17.1. The molecule has 0 aliphatic carbocycles. The molecule has 0 atom stereocenters. The fourth-order valence-corrected chi connectivity index (χ4v) is 3.62. The zero-order valence-electron chi connectivity index (χ0n) is 17.0. The van der Waals surface area contributed by atoms with E-state index in [9.17, 15) is 4.79 Å². The number of nitrogens with zero attached hydrogens (tertiary/aromatic N) is 1. The first-order valence-corrected chi connectivity index (χ1v) is 10.4. The number of fused-ring (bicyclic) bond motifs is 1. The van der Waals surface area contributed by atoms with Crippen LogP contribution in [0.4, 0.5) is 5.69 Å². The third kappa shape index (κ3) is 4.24. The van der Waals surface area contributed by atoms with Crippen LogP contribution in [0.3, 0.4) is 0 Å². The fraction of sp³-hybridized carbons (Fsp3) is 0.167. The van der Waals surface area contributed by atoms with Crippen molar-refractivity contribution in [2.24, 2.45) is 0 Å². The van der Waals surface area contributed by atoms with E-state index in [1.807, 2.05) is 57.2 Å². The van der Waals surface area contributed by atoms with Gasteiger partial charge in [0.2, 0.25) is 5.89 Å². The molecule has 30 heavy (non-hydrogen) atoms. The Labute approximate surface area is 183 Å². The van der Waals surface area contributed by atoms with Crippen LogP contribution >= 0.6 is 15.9 Å². The maximum absolute atomic E-state index is 12.4. The van der Waals surface area contributed by atoms with E-state index in [0.717, 1.165) is 37.8 Å². The third-order valence-corrected chi connectivity index (χ3v) is 5.37. The number of aromatic nitrogens is 1. The van der Waals surface area contributed by atoms with E-state index in [4.69, 9.17) is 9.15 Å². The van der Waals surface area contributed by atoms with Crippen LogP contribution < -0.4 is 10.1 Å². The van der Waals surface area contributed by atoms with Crippen LogP contribution in [0, 0.1) is 20.8 Å². The van der Waals surface area contributed by atoms with E-state index < -0.39 is 0 Å². The normalized spacial score (nSPS) is 10.9. The van der Waals surface area contributed by atoms with E-state index in [0.29, 0.717) is 17.3 Å². The molecule has 0 fully saturated rings. The number of rotatable bonds is 5. The van der Waals surface area contributed by atoms with Crippen LogP contribution in [0.5, 0.6) is 5.75 Å². The lowest BCUT2D eigenvalue weighted by Gasteiger charge is -2.11. The van der Waals surface area contributed by atoms with Crippen LogP contribution in [0.25, 0.3) is 22.6 Å². The van der Waals surface area contributed by atoms with Gasteiger partial charge in [0.25, 0.3) is 5.91 Å². The van der Waals surface area contributed by atoms with Crippen LogP contribution in [0.1, 0.15) is 16.7 Å². The molecule has 4 rings (SSSR count). The number of nitrogens with one attached hydrogen (secondary N) is 1.